The maximum Gasteiger partial charge on any atom is 0.255 e. The molecule has 2 N–H and O–H groups in total. The van der Waals surface area contributed by atoms with Gasteiger partial charge in [-0.2, -0.15) is 11.8 Å². The zero-order valence-electron chi connectivity index (χ0n) is 8.78. The van der Waals surface area contributed by atoms with E-state index in [1.54, 1.807) is 0 Å². The Hall–Kier alpha value is -0.850. The molecule has 0 spiro atoms. The van der Waals surface area contributed by atoms with Gasteiger partial charge in [0.15, 0.2) is 0 Å². The summed E-state index contributed by atoms with van der Waals surface area (Å²) in [6.45, 7) is 2.04. The first kappa shape index (κ1) is 10.3. The number of aromatic amines is 1. The SMILES string of the molecule is O=c1[nH]c(C2CSCCO2)nc2c1CNC2. The van der Waals surface area contributed by atoms with E-state index in [0.717, 1.165) is 29.4 Å². The Balaban J connectivity index is 1.96. The van der Waals surface area contributed by atoms with E-state index >= 15 is 0 Å². The lowest BCUT2D eigenvalue weighted by Gasteiger charge is -2.21. The van der Waals surface area contributed by atoms with E-state index in [1.807, 2.05) is 11.8 Å². The van der Waals surface area contributed by atoms with Gasteiger partial charge in [0.25, 0.3) is 5.56 Å². The first-order valence-electron chi connectivity index (χ1n) is 5.36. The highest BCUT2D eigenvalue weighted by Gasteiger charge is 2.23. The van der Waals surface area contributed by atoms with Crippen LogP contribution in [0.3, 0.4) is 0 Å². The van der Waals surface area contributed by atoms with Crippen LogP contribution in [0.5, 0.6) is 0 Å². The predicted octanol–water partition coefficient (Wildman–Crippen LogP) is 0.178. The second-order valence-electron chi connectivity index (χ2n) is 3.91. The maximum absolute atomic E-state index is 11.8. The van der Waals surface area contributed by atoms with Crippen molar-refractivity contribution in [1.29, 1.82) is 0 Å². The Labute approximate surface area is 97.0 Å². The molecular weight excluding hydrogens is 226 g/mol. The first-order valence-corrected chi connectivity index (χ1v) is 6.52. The number of hydrogen-bond donors (Lipinski definition) is 2. The summed E-state index contributed by atoms with van der Waals surface area (Å²) in [4.78, 5) is 19.1. The summed E-state index contributed by atoms with van der Waals surface area (Å²) in [5.74, 6) is 2.57. The third-order valence-corrected chi connectivity index (χ3v) is 3.83. The van der Waals surface area contributed by atoms with Crippen molar-refractivity contribution in [2.24, 2.45) is 0 Å². The lowest BCUT2D eigenvalue weighted by molar-refractivity contribution is 0.0691. The van der Waals surface area contributed by atoms with Gasteiger partial charge in [-0.25, -0.2) is 4.98 Å². The zero-order valence-corrected chi connectivity index (χ0v) is 9.60. The van der Waals surface area contributed by atoms with Gasteiger partial charge < -0.3 is 15.0 Å². The second-order valence-corrected chi connectivity index (χ2v) is 5.06. The summed E-state index contributed by atoms with van der Waals surface area (Å²) in [5, 5.41) is 3.13. The molecule has 2 aliphatic heterocycles. The fraction of sp³-hybridized carbons (Fsp3) is 0.600. The van der Waals surface area contributed by atoms with Gasteiger partial charge in [0.05, 0.1) is 17.9 Å². The molecule has 1 aromatic rings. The highest BCUT2D eigenvalue weighted by Crippen LogP contribution is 2.24. The van der Waals surface area contributed by atoms with Gasteiger partial charge in [-0.1, -0.05) is 0 Å². The Morgan fingerprint density at radius 2 is 2.38 bits per heavy atom. The molecule has 5 nitrogen and oxygen atoms in total. The monoisotopic (exact) mass is 239 g/mol. The quantitative estimate of drug-likeness (QED) is 0.731. The third kappa shape index (κ3) is 1.77. The van der Waals surface area contributed by atoms with Crippen molar-refractivity contribution in [1.82, 2.24) is 15.3 Å². The molecule has 0 aliphatic carbocycles. The zero-order chi connectivity index (χ0) is 11.0. The van der Waals surface area contributed by atoms with Crippen LogP contribution in [0.15, 0.2) is 4.79 Å². The summed E-state index contributed by atoms with van der Waals surface area (Å²) in [6.07, 6.45) is -0.0580. The van der Waals surface area contributed by atoms with Gasteiger partial charge >= 0.3 is 0 Å². The molecule has 0 amide bonds. The van der Waals surface area contributed by atoms with Crippen LogP contribution >= 0.6 is 11.8 Å². The van der Waals surface area contributed by atoms with E-state index in [0.29, 0.717) is 18.9 Å². The summed E-state index contributed by atoms with van der Waals surface area (Å²) in [6, 6.07) is 0. The molecule has 0 radical (unpaired) electrons. The molecule has 1 unspecified atom stereocenters. The van der Waals surface area contributed by atoms with Gasteiger partial charge in [0, 0.05) is 24.6 Å². The summed E-state index contributed by atoms with van der Waals surface area (Å²) < 4.78 is 5.60. The number of hydrogen-bond acceptors (Lipinski definition) is 5. The van der Waals surface area contributed by atoms with Gasteiger partial charge in [0.1, 0.15) is 11.9 Å². The van der Waals surface area contributed by atoms with Crippen LogP contribution in [0, 0.1) is 0 Å². The number of thioether (sulfide) groups is 1. The Bertz CT molecular complexity index is 454. The molecule has 1 atom stereocenters. The number of aromatic nitrogens is 2. The van der Waals surface area contributed by atoms with E-state index in [9.17, 15) is 4.79 Å². The lowest BCUT2D eigenvalue weighted by Crippen LogP contribution is -2.24. The summed E-state index contributed by atoms with van der Waals surface area (Å²) in [7, 11) is 0. The van der Waals surface area contributed by atoms with E-state index < -0.39 is 0 Å². The van der Waals surface area contributed by atoms with E-state index in [2.05, 4.69) is 15.3 Å². The fourth-order valence-electron chi connectivity index (χ4n) is 2.00. The van der Waals surface area contributed by atoms with Crippen molar-refractivity contribution >= 4 is 11.8 Å². The molecule has 6 heteroatoms. The van der Waals surface area contributed by atoms with Crippen LogP contribution in [0.1, 0.15) is 23.2 Å². The molecule has 0 aromatic carbocycles. The van der Waals surface area contributed by atoms with Crippen molar-refractivity contribution in [3.05, 3.63) is 27.4 Å². The molecule has 1 aromatic heterocycles. The molecule has 16 heavy (non-hydrogen) atoms. The second kappa shape index (κ2) is 4.20. The van der Waals surface area contributed by atoms with Crippen molar-refractivity contribution in [2.75, 3.05) is 18.1 Å². The normalized spacial score (nSPS) is 24.4. The van der Waals surface area contributed by atoms with Gasteiger partial charge in [-0.05, 0) is 0 Å². The average Bonchev–Trinajstić information content (AvgIpc) is 2.79. The third-order valence-electron chi connectivity index (χ3n) is 2.83. The van der Waals surface area contributed by atoms with E-state index in [1.165, 1.54) is 0 Å². The van der Waals surface area contributed by atoms with Crippen molar-refractivity contribution in [3.63, 3.8) is 0 Å². The number of H-pyrrole nitrogens is 1. The summed E-state index contributed by atoms with van der Waals surface area (Å²) in [5.41, 5.74) is 1.62. The van der Waals surface area contributed by atoms with Crippen LogP contribution in [-0.2, 0) is 17.8 Å². The highest BCUT2D eigenvalue weighted by atomic mass is 32.2. The first-order chi connectivity index (χ1) is 7.84. The molecule has 0 saturated carbocycles. The minimum absolute atomic E-state index is 0.0239. The van der Waals surface area contributed by atoms with Crippen molar-refractivity contribution in [3.8, 4) is 0 Å². The van der Waals surface area contributed by atoms with Crippen molar-refractivity contribution < 1.29 is 4.74 Å². The Kier molecular flexibility index (Phi) is 2.70. The topological polar surface area (TPSA) is 67.0 Å². The van der Waals surface area contributed by atoms with Crippen LogP contribution < -0.4 is 10.9 Å². The van der Waals surface area contributed by atoms with Gasteiger partial charge in [0.2, 0.25) is 0 Å². The maximum atomic E-state index is 11.8. The minimum Gasteiger partial charge on any atom is -0.369 e. The molecule has 1 fully saturated rings. The molecule has 0 bridgehead atoms. The smallest absolute Gasteiger partial charge is 0.255 e. The summed E-state index contributed by atoms with van der Waals surface area (Å²) >= 11 is 1.83. The van der Waals surface area contributed by atoms with Crippen LogP contribution in [-0.4, -0.2) is 28.1 Å². The fourth-order valence-corrected chi connectivity index (χ4v) is 2.85. The van der Waals surface area contributed by atoms with Crippen LogP contribution in [0.4, 0.5) is 0 Å². The molecule has 86 valence electrons. The van der Waals surface area contributed by atoms with E-state index in [-0.39, 0.29) is 11.7 Å². The largest absolute Gasteiger partial charge is 0.369 e. The van der Waals surface area contributed by atoms with E-state index in [4.69, 9.17) is 4.74 Å². The van der Waals surface area contributed by atoms with Gasteiger partial charge in [-0.3, -0.25) is 4.79 Å². The number of nitrogens with one attached hydrogen (secondary N) is 2. The molecule has 3 rings (SSSR count). The number of ether oxygens (including phenoxy) is 1. The standard InChI is InChI=1S/C10H13N3O2S/c14-10-6-3-11-4-7(6)12-9(13-10)8-5-16-2-1-15-8/h8,11H,1-5H2,(H,12,13,14). The molecule has 1 saturated heterocycles. The highest BCUT2D eigenvalue weighted by molar-refractivity contribution is 7.99. The molecule has 2 aliphatic rings. The number of fused-ring (bicyclic) bond motifs is 1. The van der Waals surface area contributed by atoms with Gasteiger partial charge in [-0.15, -0.1) is 0 Å². The van der Waals surface area contributed by atoms with Crippen molar-refractivity contribution in [2.45, 2.75) is 19.2 Å². The van der Waals surface area contributed by atoms with Crippen LogP contribution in [0.2, 0.25) is 0 Å². The molecular formula is C10H13N3O2S. The minimum atomic E-state index is -0.0580. The number of nitrogens with zero attached hydrogens (tertiary/aromatic N) is 1. The number of rotatable bonds is 1. The Morgan fingerprint density at radius 1 is 1.44 bits per heavy atom. The molecule has 3 heterocycles. The van der Waals surface area contributed by atoms with Crippen LogP contribution in [0.25, 0.3) is 0 Å². The average molecular weight is 239 g/mol. The Morgan fingerprint density at radius 3 is 3.19 bits per heavy atom. The lowest BCUT2D eigenvalue weighted by atomic mass is 10.2. The predicted molar refractivity (Wildman–Crippen MR) is 61.4 cm³/mol.